The van der Waals surface area contributed by atoms with Crippen LogP contribution in [-0.2, 0) is 0 Å². The molecule has 4 rings (SSSR count). The van der Waals surface area contributed by atoms with Crippen LogP contribution in [0.25, 0.3) is 5.69 Å². The number of anilines is 4. The fourth-order valence-corrected chi connectivity index (χ4v) is 2.98. The highest BCUT2D eigenvalue weighted by atomic mass is 79.9. The first kappa shape index (κ1) is 17.1. The van der Waals surface area contributed by atoms with Crippen LogP contribution in [0, 0.1) is 6.92 Å². The molecule has 0 atom stereocenters. The molecule has 2 aromatic heterocycles. The standard InChI is InChI=1S/C18H15BrN8/c1-12-15(6-3-7-16(12)27-9-8-22-26-27)24-18-21-11-20-17(25-18)23-14-5-2-4-13(19)10-14/h2-11H,1H3,(H2,20,21,23,24,25). The van der Waals surface area contributed by atoms with E-state index in [2.05, 4.69) is 51.8 Å². The predicted molar refractivity (Wildman–Crippen MR) is 107 cm³/mol. The monoisotopic (exact) mass is 422 g/mol. The zero-order chi connectivity index (χ0) is 18.6. The summed E-state index contributed by atoms with van der Waals surface area (Å²) in [6.45, 7) is 2.00. The van der Waals surface area contributed by atoms with Crippen molar-refractivity contribution in [2.45, 2.75) is 6.92 Å². The molecular formula is C18H15BrN8. The number of halogens is 1. The number of benzene rings is 2. The molecule has 8 nitrogen and oxygen atoms in total. The molecule has 0 aliphatic heterocycles. The van der Waals surface area contributed by atoms with Gasteiger partial charge in [0.2, 0.25) is 11.9 Å². The van der Waals surface area contributed by atoms with Crippen molar-refractivity contribution in [2.24, 2.45) is 0 Å². The van der Waals surface area contributed by atoms with E-state index < -0.39 is 0 Å². The lowest BCUT2D eigenvalue weighted by Crippen LogP contribution is -2.05. The maximum Gasteiger partial charge on any atom is 0.232 e. The average molecular weight is 423 g/mol. The Kier molecular flexibility index (Phi) is 4.75. The van der Waals surface area contributed by atoms with Gasteiger partial charge in [0.1, 0.15) is 6.33 Å². The summed E-state index contributed by atoms with van der Waals surface area (Å²) in [5, 5.41) is 14.3. The van der Waals surface area contributed by atoms with Crippen molar-refractivity contribution in [2.75, 3.05) is 10.6 Å². The molecule has 2 aromatic carbocycles. The summed E-state index contributed by atoms with van der Waals surface area (Å²) in [4.78, 5) is 12.8. The maximum atomic E-state index is 4.43. The normalized spacial score (nSPS) is 10.6. The van der Waals surface area contributed by atoms with Gasteiger partial charge in [-0.15, -0.1) is 5.10 Å². The molecule has 0 radical (unpaired) electrons. The highest BCUT2D eigenvalue weighted by Gasteiger charge is 2.09. The second kappa shape index (κ2) is 7.50. The van der Waals surface area contributed by atoms with Crippen molar-refractivity contribution in [3.63, 3.8) is 0 Å². The van der Waals surface area contributed by atoms with Crippen LogP contribution in [0.15, 0.2) is 65.7 Å². The molecule has 9 heteroatoms. The van der Waals surface area contributed by atoms with Crippen molar-refractivity contribution in [1.82, 2.24) is 29.9 Å². The number of rotatable bonds is 5. The highest BCUT2D eigenvalue weighted by Crippen LogP contribution is 2.24. The minimum atomic E-state index is 0.446. The van der Waals surface area contributed by atoms with E-state index in [0.29, 0.717) is 11.9 Å². The van der Waals surface area contributed by atoms with E-state index in [1.165, 1.54) is 6.33 Å². The van der Waals surface area contributed by atoms with E-state index in [1.54, 1.807) is 17.1 Å². The van der Waals surface area contributed by atoms with Crippen molar-refractivity contribution in [1.29, 1.82) is 0 Å². The van der Waals surface area contributed by atoms with Gasteiger partial charge in [-0.05, 0) is 42.8 Å². The van der Waals surface area contributed by atoms with Crippen molar-refractivity contribution >= 4 is 39.2 Å². The Morgan fingerprint density at radius 3 is 2.59 bits per heavy atom. The first-order valence-corrected chi connectivity index (χ1v) is 8.93. The van der Waals surface area contributed by atoms with Crippen molar-refractivity contribution < 1.29 is 0 Å². The Labute approximate surface area is 163 Å². The molecule has 0 amide bonds. The summed E-state index contributed by atoms with van der Waals surface area (Å²) in [7, 11) is 0. The van der Waals surface area contributed by atoms with Gasteiger partial charge in [0, 0.05) is 15.8 Å². The largest absolute Gasteiger partial charge is 0.324 e. The van der Waals surface area contributed by atoms with Gasteiger partial charge in [-0.1, -0.05) is 33.3 Å². The van der Waals surface area contributed by atoms with Gasteiger partial charge < -0.3 is 10.6 Å². The van der Waals surface area contributed by atoms with Crippen molar-refractivity contribution in [3.8, 4) is 5.69 Å². The lowest BCUT2D eigenvalue weighted by Gasteiger charge is -2.12. The topological polar surface area (TPSA) is 93.4 Å². The third-order valence-corrected chi connectivity index (χ3v) is 4.37. The lowest BCUT2D eigenvalue weighted by molar-refractivity contribution is 0.799. The third kappa shape index (κ3) is 3.93. The zero-order valence-electron chi connectivity index (χ0n) is 14.3. The molecule has 0 bridgehead atoms. The molecule has 2 N–H and O–H groups in total. The van der Waals surface area contributed by atoms with E-state index in [1.807, 2.05) is 49.4 Å². The van der Waals surface area contributed by atoms with Gasteiger partial charge in [-0.3, -0.25) is 0 Å². The summed E-state index contributed by atoms with van der Waals surface area (Å²) in [5.41, 5.74) is 3.69. The summed E-state index contributed by atoms with van der Waals surface area (Å²) in [6.07, 6.45) is 4.91. The Balaban J connectivity index is 1.58. The average Bonchev–Trinajstić information content (AvgIpc) is 3.18. The number of nitrogens with zero attached hydrogens (tertiary/aromatic N) is 6. The van der Waals surface area contributed by atoms with E-state index >= 15 is 0 Å². The van der Waals surface area contributed by atoms with Gasteiger partial charge in [0.25, 0.3) is 0 Å². The molecule has 0 fully saturated rings. The van der Waals surface area contributed by atoms with Crippen LogP contribution in [0.3, 0.4) is 0 Å². The zero-order valence-corrected chi connectivity index (χ0v) is 15.9. The van der Waals surface area contributed by atoms with E-state index in [0.717, 1.165) is 27.1 Å². The molecule has 0 aliphatic carbocycles. The quantitative estimate of drug-likeness (QED) is 0.501. The molecule has 0 saturated carbocycles. The predicted octanol–water partition coefficient (Wildman–Crippen LogP) is 4.01. The molecule has 134 valence electrons. The minimum absolute atomic E-state index is 0.446. The van der Waals surface area contributed by atoms with Gasteiger partial charge >= 0.3 is 0 Å². The number of aromatic nitrogens is 6. The number of hydrogen-bond acceptors (Lipinski definition) is 7. The molecular weight excluding hydrogens is 408 g/mol. The second-order valence-electron chi connectivity index (χ2n) is 5.69. The first-order valence-electron chi connectivity index (χ1n) is 8.14. The smallest absolute Gasteiger partial charge is 0.232 e. The van der Waals surface area contributed by atoms with Crippen LogP contribution in [0.4, 0.5) is 23.3 Å². The first-order chi connectivity index (χ1) is 13.2. The summed E-state index contributed by atoms with van der Waals surface area (Å²) >= 11 is 3.45. The van der Waals surface area contributed by atoms with E-state index in [4.69, 9.17) is 0 Å². The fourth-order valence-electron chi connectivity index (χ4n) is 2.58. The van der Waals surface area contributed by atoms with Gasteiger partial charge in [-0.2, -0.15) is 4.98 Å². The summed E-state index contributed by atoms with van der Waals surface area (Å²) in [6, 6.07) is 13.6. The minimum Gasteiger partial charge on any atom is -0.324 e. The molecule has 0 saturated heterocycles. The summed E-state index contributed by atoms with van der Waals surface area (Å²) in [5.74, 6) is 0.900. The van der Waals surface area contributed by atoms with Crippen LogP contribution >= 0.6 is 15.9 Å². The van der Waals surface area contributed by atoms with Crippen molar-refractivity contribution in [3.05, 3.63) is 71.2 Å². The second-order valence-corrected chi connectivity index (χ2v) is 6.61. The molecule has 0 aliphatic rings. The Morgan fingerprint density at radius 2 is 1.81 bits per heavy atom. The van der Waals surface area contributed by atoms with Gasteiger partial charge in [0.05, 0.1) is 18.1 Å². The third-order valence-electron chi connectivity index (χ3n) is 3.87. The Bertz CT molecular complexity index is 1060. The van der Waals surface area contributed by atoms with Crippen LogP contribution in [0.2, 0.25) is 0 Å². The SMILES string of the molecule is Cc1c(Nc2ncnc(Nc3cccc(Br)c3)n2)cccc1-n1ccnn1. The lowest BCUT2D eigenvalue weighted by atomic mass is 10.1. The van der Waals surface area contributed by atoms with E-state index in [-0.39, 0.29) is 0 Å². The van der Waals surface area contributed by atoms with Crippen LogP contribution in [0.5, 0.6) is 0 Å². The maximum absolute atomic E-state index is 4.43. The van der Waals surface area contributed by atoms with Gasteiger partial charge in [-0.25, -0.2) is 14.6 Å². The highest BCUT2D eigenvalue weighted by molar-refractivity contribution is 9.10. The van der Waals surface area contributed by atoms with Crippen LogP contribution < -0.4 is 10.6 Å². The van der Waals surface area contributed by atoms with Crippen LogP contribution in [0.1, 0.15) is 5.56 Å². The molecule has 0 unspecified atom stereocenters. The van der Waals surface area contributed by atoms with E-state index in [9.17, 15) is 0 Å². The molecule has 27 heavy (non-hydrogen) atoms. The Hall–Kier alpha value is -3.33. The summed E-state index contributed by atoms with van der Waals surface area (Å²) < 4.78 is 2.69. The fraction of sp³-hybridized carbons (Fsp3) is 0.0556. The molecule has 2 heterocycles. The Morgan fingerprint density at radius 1 is 1.00 bits per heavy atom. The molecule has 4 aromatic rings. The number of nitrogens with one attached hydrogen (secondary N) is 2. The molecule has 0 spiro atoms. The van der Waals surface area contributed by atoms with Gasteiger partial charge in [0.15, 0.2) is 0 Å². The van der Waals surface area contributed by atoms with Crippen LogP contribution in [-0.4, -0.2) is 29.9 Å². The number of hydrogen-bond donors (Lipinski definition) is 2.